The maximum absolute atomic E-state index is 11.7. The molecule has 0 saturated heterocycles. The Morgan fingerprint density at radius 3 is 2.47 bits per heavy atom. The zero-order valence-electron chi connectivity index (χ0n) is 9.99. The molecule has 0 heterocycles. The first-order valence-corrected chi connectivity index (χ1v) is 7.54. The van der Waals surface area contributed by atoms with Crippen LogP contribution in [-0.2, 0) is 10.0 Å². The van der Waals surface area contributed by atoms with E-state index in [1.54, 1.807) is 0 Å². The van der Waals surface area contributed by atoms with Gasteiger partial charge in [0.25, 0.3) is 0 Å². The predicted molar refractivity (Wildman–Crippen MR) is 63.2 cm³/mol. The van der Waals surface area contributed by atoms with Crippen LogP contribution in [0.3, 0.4) is 0 Å². The Hall–Kier alpha value is -0.0900. The fourth-order valence-electron chi connectivity index (χ4n) is 2.02. The number of sulfonamides is 1. The lowest BCUT2D eigenvalue weighted by molar-refractivity contribution is 0.529. The molecule has 2 atom stereocenters. The van der Waals surface area contributed by atoms with Gasteiger partial charge in [0.1, 0.15) is 0 Å². The number of hydrogen-bond acceptors (Lipinski definition) is 2. The molecule has 0 aromatic carbocycles. The van der Waals surface area contributed by atoms with Crippen molar-refractivity contribution in [2.45, 2.75) is 52.5 Å². The summed E-state index contributed by atoms with van der Waals surface area (Å²) in [6.45, 7) is 6.28. The van der Waals surface area contributed by atoms with Crippen molar-refractivity contribution in [1.82, 2.24) is 4.72 Å². The molecule has 0 aliphatic heterocycles. The molecule has 2 unspecified atom stereocenters. The summed E-state index contributed by atoms with van der Waals surface area (Å²) in [6.07, 6.45) is 3.90. The van der Waals surface area contributed by atoms with Gasteiger partial charge in [-0.1, -0.05) is 20.8 Å². The zero-order valence-corrected chi connectivity index (χ0v) is 10.8. The van der Waals surface area contributed by atoms with E-state index in [0.717, 1.165) is 25.7 Å². The van der Waals surface area contributed by atoms with Crippen molar-refractivity contribution in [1.29, 1.82) is 0 Å². The van der Waals surface area contributed by atoms with Crippen LogP contribution in [-0.4, -0.2) is 20.2 Å². The third kappa shape index (κ3) is 4.98. The van der Waals surface area contributed by atoms with E-state index < -0.39 is 10.0 Å². The predicted octanol–water partition coefficient (Wildman–Crippen LogP) is 2.14. The molecule has 15 heavy (non-hydrogen) atoms. The SMILES string of the molecule is CC(C)CCS(=O)(=O)NC1CCC(C)C1. The van der Waals surface area contributed by atoms with Crippen LogP contribution < -0.4 is 4.72 Å². The second-order valence-electron chi connectivity index (χ2n) is 5.23. The monoisotopic (exact) mass is 233 g/mol. The smallest absolute Gasteiger partial charge is 0.211 e. The molecule has 0 spiro atoms. The molecule has 90 valence electrons. The van der Waals surface area contributed by atoms with E-state index in [4.69, 9.17) is 0 Å². The molecule has 0 bridgehead atoms. The van der Waals surface area contributed by atoms with E-state index in [2.05, 4.69) is 11.6 Å². The zero-order chi connectivity index (χ0) is 11.5. The van der Waals surface area contributed by atoms with Crippen LogP contribution in [0.2, 0.25) is 0 Å². The Balaban J connectivity index is 2.36. The highest BCUT2D eigenvalue weighted by Crippen LogP contribution is 2.25. The van der Waals surface area contributed by atoms with E-state index in [1.807, 2.05) is 13.8 Å². The molecule has 1 fully saturated rings. The van der Waals surface area contributed by atoms with Crippen LogP contribution in [0.5, 0.6) is 0 Å². The van der Waals surface area contributed by atoms with Gasteiger partial charge in [-0.2, -0.15) is 0 Å². The minimum atomic E-state index is -3.03. The highest BCUT2D eigenvalue weighted by atomic mass is 32.2. The second-order valence-corrected chi connectivity index (χ2v) is 7.11. The summed E-state index contributed by atoms with van der Waals surface area (Å²) in [5.74, 6) is 1.39. The van der Waals surface area contributed by atoms with Gasteiger partial charge in [-0.3, -0.25) is 0 Å². The van der Waals surface area contributed by atoms with Crippen molar-refractivity contribution in [2.75, 3.05) is 5.75 Å². The number of rotatable bonds is 5. The molecule has 0 amide bonds. The summed E-state index contributed by atoms with van der Waals surface area (Å²) in [7, 11) is -3.03. The van der Waals surface area contributed by atoms with E-state index >= 15 is 0 Å². The van der Waals surface area contributed by atoms with Crippen LogP contribution in [0.1, 0.15) is 46.5 Å². The van der Waals surface area contributed by atoms with Crippen molar-refractivity contribution in [3.8, 4) is 0 Å². The van der Waals surface area contributed by atoms with Gasteiger partial charge in [-0.15, -0.1) is 0 Å². The summed E-state index contributed by atoms with van der Waals surface area (Å²) < 4.78 is 26.2. The number of nitrogens with one attached hydrogen (secondary N) is 1. The third-order valence-corrected chi connectivity index (χ3v) is 4.47. The summed E-state index contributed by atoms with van der Waals surface area (Å²) in [6, 6.07) is 0.192. The fourth-order valence-corrected chi connectivity index (χ4v) is 3.64. The average Bonchev–Trinajstić information content (AvgIpc) is 2.47. The van der Waals surface area contributed by atoms with Gasteiger partial charge in [-0.25, -0.2) is 13.1 Å². The van der Waals surface area contributed by atoms with Crippen molar-refractivity contribution in [2.24, 2.45) is 11.8 Å². The molecule has 0 radical (unpaired) electrons. The molecule has 1 rings (SSSR count). The largest absolute Gasteiger partial charge is 0.212 e. The topological polar surface area (TPSA) is 46.2 Å². The van der Waals surface area contributed by atoms with Crippen molar-refractivity contribution >= 4 is 10.0 Å². The molecule has 1 N–H and O–H groups in total. The highest BCUT2D eigenvalue weighted by molar-refractivity contribution is 7.89. The van der Waals surface area contributed by atoms with Gasteiger partial charge in [0.05, 0.1) is 5.75 Å². The first-order chi connectivity index (χ1) is 6.89. The Morgan fingerprint density at radius 1 is 1.33 bits per heavy atom. The lowest BCUT2D eigenvalue weighted by Gasteiger charge is -2.13. The fraction of sp³-hybridized carbons (Fsp3) is 1.00. The minimum absolute atomic E-state index is 0.192. The van der Waals surface area contributed by atoms with Crippen molar-refractivity contribution in [3.63, 3.8) is 0 Å². The maximum Gasteiger partial charge on any atom is 0.211 e. The molecular weight excluding hydrogens is 210 g/mol. The van der Waals surface area contributed by atoms with Crippen molar-refractivity contribution < 1.29 is 8.42 Å². The molecule has 1 aliphatic rings. The summed E-state index contributed by atoms with van der Waals surface area (Å²) in [5.41, 5.74) is 0. The van der Waals surface area contributed by atoms with E-state index in [1.165, 1.54) is 0 Å². The van der Waals surface area contributed by atoms with Crippen molar-refractivity contribution in [3.05, 3.63) is 0 Å². The molecule has 3 nitrogen and oxygen atoms in total. The second kappa shape index (κ2) is 5.30. The quantitative estimate of drug-likeness (QED) is 0.791. The lowest BCUT2D eigenvalue weighted by atomic mass is 10.1. The number of hydrogen-bond donors (Lipinski definition) is 1. The van der Waals surface area contributed by atoms with Gasteiger partial charge in [-0.05, 0) is 37.5 Å². The molecule has 0 aromatic rings. The van der Waals surface area contributed by atoms with Gasteiger partial charge < -0.3 is 0 Å². The van der Waals surface area contributed by atoms with Crippen LogP contribution in [0.15, 0.2) is 0 Å². The highest BCUT2D eigenvalue weighted by Gasteiger charge is 2.25. The lowest BCUT2D eigenvalue weighted by Crippen LogP contribution is -2.35. The van der Waals surface area contributed by atoms with Gasteiger partial charge in [0.2, 0.25) is 10.0 Å². The van der Waals surface area contributed by atoms with Gasteiger partial charge in [0, 0.05) is 6.04 Å². The van der Waals surface area contributed by atoms with Gasteiger partial charge in [0.15, 0.2) is 0 Å². The normalized spacial score (nSPS) is 27.5. The van der Waals surface area contributed by atoms with Gasteiger partial charge >= 0.3 is 0 Å². The third-order valence-electron chi connectivity index (χ3n) is 3.00. The first kappa shape index (κ1) is 13.0. The Morgan fingerprint density at radius 2 is 2.00 bits per heavy atom. The van der Waals surface area contributed by atoms with E-state index in [-0.39, 0.29) is 11.8 Å². The van der Waals surface area contributed by atoms with E-state index in [9.17, 15) is 8.42 Å². The summed E-state index contributed by atoms with van der Waals surface area (Å²) in [5, 5.41) is 0. The maximum atomic E-state index is 11.7. The first-order valence-electron chi connectivity index (χ1n) is 5.89. The Bertz CT molecular complexity index is 285. The Kier molecular flexibility index (Phi) is 4.59. The molecule has 1 saturated carbocycles. The molecule has 1 aliphatic carbocycles. The minimum Gasteiger partial charge on any atom is -0.212 e. The molecular formula is C11H23NO2S. The van der Waals surface area contributed by atoms with E-state index in [0.29, 0.717) is 11.8 Å². The van der Waals surface area contributed by atoms with Crippen LogP contribution in [0.25, 0.3) is 0 Å². The van der Waals surface area contributed by atoms with Crippen LogP contribution in [0, 0.1) is 11.8 Å². The van der Waals surface area contributed by atoms with Crippen LogP contribution >= 0.6 is 0 Å². The standard InChI is InChI=1S/C11H23NO2S/c1-9(2)6-7-15(13,14)12-11-5-4-10(3)8-11/h9-12H,4-8H2,1-3H3. The summed E-state index contributed by atoms with van der Waals surface area (Å²) in [4.78, 5) is 0. The average molecular weight is 233 g/mol. The molecule has 0 aromatic heterocycles. The van der Waals surface area contributed by atoms with Crippen LogP contribution in [0.4, 0.5) is 0 Å². The molecule has 4 heteroatoms. The summed E-state index contributed by atoms with van der Waals surface area (Å²) >= 11 is 0. The Labute approximate surface area is 93.7 Å².